The van der Waals surface area contributed by atoms with E-state index in [2.05, 4.69) is 57.1 Å². The molecule has 2 aromatic carbocycles. The molecule has 0 N–H and O–H groups in total. The number of nitrogens with zero attached hydrogens (tertiary/aromatic N) is 3. The molecule has 0 amide bonds. The molecule has 0 bridgehead atoms. The maximum Gasteiger partial charge on any atom is 0.187 e. The minimum Gasteiger partial charge on any atom is -0.381 e. The summed E-state index contributed by atoms with van der Waals surface area (Å²) in [5.41, 5.74) is 3.68. The lowest BCUT2D eigenvalue weighted by Gasteiger charge is -2.50. The highest BCUT2D eigenvalue weighted by atomic mass is 16.5. The van der Waals surface area contributed by atoms with E-state index >= 15 is 0 Å². The predicted octanol–water partition coefficient (Wildman–Crippen LogP) is 4.54. The number of rotatable bonds is 6. The fourth-order valence-electron chi connectivity index (χ4n) is 4.86. The largest absolute Gasteiger partial charge is 0.381 e. The van der Waals surface area contributed by atoms with E-state index in [-0.39, 0.29) is 5.54 Å². The first kappa shape index (κ1) is 20.1. The third-order valence-electron chi connectivity index (χ3n) is 6.63. The lowest BCUT2D eigenvalue weighted by Crippen LogP contribution is -2.59. The van der Waals surface area contributed by atoms with Crippen LogP contribution in [-0.4, -0.2) is 54.7 Å². The number of hydrogen-bond donors (Lipinski definition) is 0. The SMILES string of the molecule is [C-]#[N+]c1cccc(CCC2(N3CCN(Cc4ccccc4)CC3)CCOCC2)c1. The molecule has 2 aliphatic rings. The van der Waals surface area contributed by atoms with Crippen LogP contribution >= 0.6 is 0 Å². The summed E-state index contributed by atoms with van der Waals surface area (Å²) in [5, 5.41) is 0. The summed E-state index contributed by atoms with van der Waals surface area (Å²) in [6.07, 6.45) is 4.42. The van der Waals surface area contributed by atoms with Gasteiger partial charge in [-0.3, -0.25) is 9.80 Å². The van der Waals surface area contributed by atoms with Gasteiger partial charge in [0, 0.05) is 51.5 Å². The lowest BCUT2D eigenvalue weighted by atomic mass is 9.82. The maximum absolute atomic E-state index is 7.26. The van der Waals surface area contributed by atoms with Crippen LogP contribution in [0.1, 0.15) is 30.4 Å². The van der Waals surface area contributed by atoms with E-state index < -0.39 is 0 Å². The molecule has 4 nitrogen and oxygen atoms in total. The molecule has 29 heavy (non-hydrogen) atoms. The smallest absolute Gasteiger partial charge is 0.187 e. The fraction of sp³-hybridized carbons (Fsp3) is 0.480. The van der Waals surface area contributed by atoms with Crippen molar-refractivity contribution < 1.29 is 4.74 Å². The van der Waals surface area contributed by atoms with Crippen LogP contribution in [0.25, 0.3) is 4.85 Å². The standard InChI is InChI=1S/C25H31N3O/c1-26-24-9-5-8-22(20-24)10-11-25(12-18-29-19-13-25)28-16-14-27(15-17-28)21-23-6-3-2-4-7-23/h2-9,20H,10-19,21H2. The second-order valence-electron chi connectivity index (χ2n) is 8.37. The molecule has 2 aromatic rings. The Bertz CT molecular complexity index is 815. The minimum absolute atomic E-state index is 0.241. The van der Waals surface area contributed by atoms with Crippen LogP contribution < -0.4 is 0 Å². The molecule has 4 heteroatoms. The molecular weight excluding hydrogens is 358 g/mol. The average Bonchev–Trinajstić information content (AvgIpc) is 2.80. The average molecular weight is 390 g/mol. The van der Waals surface area contributed by atoms with Crippen molar-refractivity contribution in [1.29, 1.82) is 0 Å². The molecule has 2 fully saturated rings. The molecule has 0 aliphatic carbocycles. The van der Waals surface area contributed by atoms with E-state index in [1.54, 1.807) is 0 Å². The van der Waals surface area contributed by atoms with Gasteiger partial charge in [0.05, 0.1) is 6.57 Å². The van der Waals surface area contributed by atoms with E-state index in [1.807, 2.05) is 12.1 Å². The normalized spacial score (nSPS) is 20.2. The van der Waals surface area contributed by atoms with Crippen LogP contribution in [0.3, 0.4) is 0 Å². The first-order valence-corrected chi connectivity index (χ1v) is 10.8. The number of aryl methyl sites for hydroxylation is 1. The number of hydrogen-bond acceptors (Lipinski definition) is 3. The second-order valence-corrected chi connectivity index (χ2v) is 8.37. The van der Waals surface area contributed by atoms with E-state index in [4.69, 9.17) is 11.3 Å². The molecular formula is C25H31N3O. The van der Waals surface area contributed by atoms with Crippen molar-refractivity contribution in [2.75, 3.05) is 39.4 Å². The Morgan fingerprint density at radius 1 is 0.897 bits per heavy atom. The van der Waals surface area contributed by atoms with Crippen LogP contribution in [-0.2, 0) is 17.7 Å². The quantitative estimate of drug-likeness (QED) is 0.677. The van der Waals surface area contributed by atoms with Crippen molar-refractivity contribution in [2.45, 2.75) is 37.8 Å². The van der Waals surface area contributed by atoms with Crippen molar-refractivity contribution in [3.05, 3.63) is 77.1 Å². The van der Waals surface area contributed by atoms with Gasteiger partial charge in [-0.25, -0.2) is 4.85 Å². The summed E-state index contributed by atoms with van der Waals surface area (Å²) in [7, 11) is 0. The van der Waals surface area contributed by atoms with Gasteiger partial charge in [-0.05, 0) is 31.2 Å². The molecule has 0 spiro atoms. The first-order valence-electron chi connectivity index (χ1n) is 10.8. The van der Waals surface area contributed by atoms with Crippen LogP contribution in [0.15, 0.2) is 54.6 Å². The van der Waals surface area contributed by atoms with Gasteiger partial charge < -0.3 is 4.74 Å². The molecule has 2 heterocycles. The van der Waals surface area contributed by atoms with E-state index in [9.17, 15) is 0 Å². The summed E-state index contributed by atoms with van der Waals surface area (Å²) >= 11 is 0. The van der Waals surface area contributed by atoms with Gasteiger partial charge in [-0.15, -0.1) is 0 Å². The Morgan fingerprint density at radius 3 is 2.34 bits per heavy atom. The van der Waals surface area contributed by atoms with Crippen molar-refractivity contribution >= 4 is 5.69 Å². The van der Waals surface area contributed by atoms with Gasteiger partial charge in [-0.2, -0.15) is 0 Å². The molecule has 0 aromatic heterocycles. The van der Waals surface area contributed by atoms with Crippen LogP contribution in [0.2, 0.25) is 0 Å². The monoisotopic (exact) mass is 389 g/mol. The maximum atomic E-state index is 7.26. The Morgan fingerprint density at radius 2 is 1.62 bits per heavy atom. The summed E-state index contributed by atoms with van der Waals surface area (Å²) in [6, 6.07) is 18.9. The first-order chi connectivity index (χ1) is 14.3. The molecule has 0 radical (unpaired) electrons. The van der Waals surface area contributed by atoms with Gasteiger partial charge in [0.25, 0.3) is 0 Å². The van der Waals surface area contributed by atoms with E-state index in [1.165, 1.54) is 11.1 Å². The van der Waals surface area contributed by atoms with Crippen molar-refractivity contribution in [3.63, 3.8) is 0 Å². The predicted molar refractivity (Wildman–Crippen MR) is 117 cm³/mol. The zero-order chi connectivity index (χ0) is 19.9. The fourth-order valence-corrected chi connectivity index (χ4v) is 4.86. The molecule has 2 saturated heterocycles. The van der Waals surface area contributed by atoms with E-state index in [0.717, 1.165) is 77.3 Å². The van der Waals surface area contributed by atoms with Crippen molar-refractivity contribution in [3.8, 4) is 0 Å². The Balaban J connectivity index is 1.38. The Labute approximate surface area is 174 Å². The van der Waals surface area contributed by atoms with Gasteiger partial charge in [-0.1, -0.05) is 60.2 Å². The minimum atomic E-state index is 0.241. The summed E-state index contributed by atoms with van der Waals surface area (Å²) in [4.78, 5) is 8.92. The zero-order valence-electron chi connectivity index (χ0n) is 17.2. The van der Waals surface area contributed by atoms with Gasteiger partial charge in [0.1, 0.15) is 0 Å². The van der Waals surface area contributed by atoms with Gasteiger partial charge >= 0.3 is 0 Å². The molecule has 152 valence electrons. The van der Waals surface area contributed by atoms with Gasteiger partial charge in [0.2, 0.25) is 0 Å². The number of ether oxygens (including phenoxy) is 1. The Hall–Kier alpha value is -2.19. The topological polar surface area (TPSA) is 20.1 Å². The van der Waals surface area contributed by atoms with Crippen molar-refractivity contribution in [2.24, 2.45) is 0 Å². The molecule has 0 unspecified atom stereocenters. The molecule has 4 rings (SSSR count). The van der Waals surface area contributed by atoms with Gasteiger partial charge in [0.15, 0.2) is 5.69 Å². The Kier molecular flexibility index (Phi) is 6.61. The highest BCUT2D eigenvalue weighted by Crippen LogP contribution is 2.34. The summed E-state index contributed by atoms with van der Waals surface area (Å²) in [5.74, 6) is 0. The van der Waals surface area contributed by atoms with Crippen LogP contribution in [0.5, 0.6) is 0 Å². The summed E-state index contributed by atoms with van der Waals surface area (Å²) < 4.78 is 5.73. The van der Waals surface area contributed by atoms with Crippen LogP contribution in [0, 0.1) is 6.57 Å². The third-order valence-corrected chi connectivity index (χ3v) is 6.63. The number of benzene rings is 2. The van der Waals surface area contributed by atoms with Crippen LogP contribution in [0.4, 0.5) is 5.69 Å². The number of piperazine rings is 1. The highest BCUT2D eigenvalue weighted by Gasteiger charge is 2.39. The zero-order valence-corrected chi connectivity index (χ0v) is 17.2. The second kappa shape index (κ2) is 9.54. The highest BCUT2D eigenvalue weighted by molar-refractivity contribution is 5.46. The third kappa shape index (κ3) is 5.05. The summed E-state index contributed by atoms with van der Waals surface area (Å²) in [6.45, 7) is 14.6. The molecule has 2 aliphatic heterocycles. The molecule has 0 saturated carbocycles. The van der Waals surface area contributed by atoms with Crippen molar-refractivity contribution in [1.82, 2.24) is 9.80 Å². The molecule has 0 atom stereocenters. The lowest BCUT2D eigenvalue weighted by molar-refractivity contribution is -0.0521. The van der Waals surface area contributed by atoms with E-state index in [0.29, 0.717) is 0 Å².